The fraction of sp³-hybridized carbons (Fsp3) is 0.529. The molecule has 5 heteroatoms. The molecule has 2 aliphatic heterocycles. The van der Waals surface area contributed by atoms with E-state index >= 15 is 0 Å². The summed E-state index contributed by atoms with van der Waals surface area (Å²) in [6, 6.07) is 7.01. The number of carbonyl (C=O) groups excluding carboxylic acids is 2. The normalized spacial score (nSPS) is 25.6. The monoisotopic (exact) mass is 320 g/mol. The van der Waals surface area contributed by atoms with E-state index in [2.05, 4.69) is 0 Å². The van der Waals surface area contributed by atoms with Gasteiger partial charge in [0.25, 0.3) is 5.91 Å². The van der Waals surface area contributed by atoms with Gasteiger partial charge in [-0.1, -0.05) is 11.6 Å². The summed E-state index contributed by atoms with van der Waals surface area (Å²) < 4.78 is 0. The molecule has 0 unspecified atom stereocenters. The standard InChI is InChI=1S/C17H21ClN2O2/c1-19-15(21)4-2-9-17(19)10-3-11-20(12-17)16(22)13-5-7-14(18)8-6-13/h5-8H,2-4,9-12H2,1H3/t17-/m1/s1. The molecule has 2 fully saturated rings. The second-order valence-electron chi connectivity index (χ2n) is 6.37. The second kappa shape index (κ2) is 5.92. The van der Waals surface area contributed by atoms with Crippen LogP contribution in [0.3, 0.4) is 0 Å². The van der Waals surface area contributed by atoms with Gasteiger partial charge >= 0.3 is 0 Å². The lowest BCUT2D eigenvalue weighted by molar-refractivity contribution is -0.142. The second-order valence-corrected chi connectivity index (χ2v) is 6.80. The molecule has 0 aliphatic carbocycles. The minimum atomic E-state index is -0.171. The van der Waals surface area contributed by atoms with E-state index < -0.39 is 0 Å². The van der Waals surface area contributed by atoms with E-state index in [1.54, 1.807) is 24.3 Å². The summed E-state index contributed by atoms with van der Waals surface area (Å²) in [5, 5.41) is 0.629. The lowest BCUT2D eigenvalue weighted by Gasteiger charge is -2.50. The number of nitrogens with zero attached hydrogens (tertiary/aromatic N) is 2. The number of amides is 2. The van der Waals surface area contributed by atoms with E-state index in [0.29, 0.717) is 23.6 Å². The molecular weight excluding hydrogens is 300 g/mol. The maximum absolute atomic E-state index is 12.7. The number of halogens is 1. The summed E-state index contributed by atoms with van der Waals surface area (Å²) in [7, 11) is 1.89. The first-order valence-electron chi connectivity index (χ1n) is 7.83. The van der Waals surface area contributed by atoms with Crippen molar-refractivity contribution in [3.05, 3.63) is 34.9 Å². The smallest absolute Gasteiger partial charge is 0.253 e. The summed E-state index contributed by atoms with van der Waals surface area (Å²) >= 11 is 5.88. The van der Waals surface area contributed by atoms with Gasteiger partial charge < -0.3 is 9.80 Å². The highest BCUT2D eigenvalue weighted by Crippen LogP contribution is 2.36. The lowest BCUT2D eigenvalue weighted by Crippen LogP contribution is -2.61. The van der Waals surface area contributed by atoms with Crippen LogP contribution in [-0.2, 0) is 4.79 Å². The van der Waals surface area contributed by atoms with Crippen molar-refractivity contribution in [3.63, 3.8) is 0 Å². The third-order valence-corrected chi connectivity index (χ3v) is 5.30. The molecule has 2 amide bonds. The quantitative estimate of drug-likeness (QED) is 0.798. The van der Waals surface area contributed by atoms with Crippen molar-refractivity contribution in [3.8, 4) is 0 Å². The highest BCUT2D eigenvalue weighted by Gasteiger charge is 2.44. The van der Waals surface area contributed by atoms with Crippen LogP contribution in [-0.4, -0.2) is 47.3 Å². The van der Waals surface area contributed by atoms with E-state index in [1.165, 1.54) is 0 Å². The van der Waals surface area contributed by atoms with Gasteiger partial charge in [-0.05, 0) is 49.9 Å². The zero-order valence-electron chi connectivity index (χ0n) is 12.8. The predicted octanol–water partition coefficient (Wildman–Crippen LogP) is 2.96. The van der Waals surface area contributed by atoms with Gasteiger partial charge in [0.15, 0.2) is 0 Å². The minimum Gasteiger partial charge on any atom is -0.338 e. The topological polar surface area (TPSA) is 40.6 Å². The Morgan fingerprint density at radius 2 is 1.86 bits per heavy atom. The number of hydrogen-bond acceptors (Lipinski definition) is 2. The van der Waals surface area contributed by atoms with Crippen LogP contribution >= 0.6 is 11.6 Å². The molecule has 1 atom stereocenters. The zero-order valence-corrected chi connectivity index (χ0v) is 13.6. The Morgan fingerprint density at radius 1 is 1.18 bits per heavy atom. The predicted molar refractivity (Wildman–Crippen MR) is 85.9 cm³/mol. The van der Waals surface area contributed by atoms with Crippen molar-refractivity contribution in [1.29, 1.82) is 0 Å². The molecule has 0 radical (unpaired) electrons. The van der Waals surface area contributed by atoms with Gasteiger partial charge in [-0.3, -0.25) is 9.59 Å². The third kappa shape index (κ3) is 2.72. The summed E-state index contributed by atoms with van der Waals surface area (Å²) in [6.45, 7) is 1.39. The average molecular weight is 321 g/mol. The van der Waals surface area contributed by atoms with Crippen LogP contribution in [0.15, 0.2) is 24.3 Å². The van der Waals surface area contributed by atoms with Crippen LogP contribution < -0.4 is 0 Å². The Balaban J connectivity index is 1.79. The number of benzene rings is 1. The maximum Gasteiger partial charge on any atom is 0.253 e. The Morgan fingerprint density at radius 3 is 2.59 bits per heavy atom. The van der Waals surface area contributed by atoms with Gasteiger partial charge in [-0.25, -0.2) is 0 Å². The number of likely N-dealkylation sites (N-methyl/N-ethyl adjacent to an activating group) is 1. The van der Waals surface area contributed by atoms with E-state index in [9.17, 15) is 9.59 Å². The van der Waals surface area contributed by atoms with E-state index in [-0.39, 0.29) is 17.4 Å². The molecule has 22 heavy (non-hydrogen) atoms. The van der Waals surface area contributed by atoms with Crippen molar-refractivity contribution in [1.82, 2.24) is 9.80 Å². The first-order chi connectivity index (χ1) is 10.5. The first-order valence-corrected chi connectivity index (χ1v) is 8.21. The number of hydrogen-bond donors (Lipinski definition) is 0. The molecule has 2 saturated heterocycles. The van der Waals surface area contributed by atoms with Gasteiger partial charge in [-0.2, -0.15) is 0 Å². The Kier molecular flexibility index (Phi) is 4.13. The summed E-state index contributed by atoms with van der Waals surface area (Å²) in [5.74, 6) is 0.231. The molecule has 4 nitrogen and oxygen atoms in total. The van der Waals surface area contributed by atoms with Gasteiger partial charge in [0.1, 0.15) is 0 Å². The van der Waals surface area contributed by atoms with Crippen LogP contribution in [0.1, 0.15) is 42.5 Å². The molecule has 1 aromatic rings. The molecule has 2 aliphatic rings. The van der Waals surface area contributed by atoms with Gasteiger partial charge in [0.2, 0.25) is 5.91 Å². The maximum atomic E-state index is 12.7. The SMILES string of the molecule is CN1C(=O)CCC[C@]12CCCN(C(=O)c1ccc(Cl)cc1)C2. The summed E-state index contributed by atoms with van der Waals surface area (Å²) in [6.07, 6.45) is 4.46. The Labute approximate surface area is 136 Å². The molecule has 0 bridgehead atoms. The Bertz CT molecular complexity index is 583. The highest BCUT2D eigenvalue weighted by molar-refractivity contribution is 6.30. The van der Waals surface area contributed by atoms with E-state index in [0.717, 1.165) is 32.2 Å². The number of likely N-dealkylation sites (tertiary alicyclic amines) is 2. The van der Waals surface area contributed by atoms with Crippen LogP contribution in [0.25, 0.3) is 0 Å². The molecule has 0 aromatic heterocycles. The fourth-order valence-corrected chi connectivity index (χ4v) is 3.83. The Hall–Kier alpha value is -1.55. The molecule has 3 rings (SSSR count). The molecule has 0 N–H and O–H groups in total. The van der Waals surface area contributed by atoms with Gasteiger partial charge in [0, 0.05) is 37.1 Å². The molecule has 0 saturated carbocycles. The van der Waals surface area contributed by atoms with Crippen molar-refractivity contribution < 1.29 is 9.59 Å². The van der Waals surface area contributed by atoms with Crippen LogP contribution in [0, 0.1) is 0 Å². The molecule has 1 aromatic carbocycles. The van der Waals surface area contributed by atoms with E-state index in [1.807, 2.05) is 16.8 Å². The lowest BCUT2D eigenvalue weighted by atomic mass is 9.80. The molecule has 2 heterocycles. The first kappa shape index (κ1) is 15.3. The fourth-order valence-electron chi connectivity index (χ4n) is 3.71. The van der Waals surface area contributed by atoms with Crippen molar-refractivity contribution >= 4 is 23.4 Å². The van der Waals surface area contributed by atoms with Gasteiger partial charge in [0.05, 0.1) is 5.54 Å². The van der Waals surface area contributed by atoms with Crippen LogP contribution in [0.2, 0.25) is 5.02 Å². The number of rotatable bonds is 1. The van der Waals surface area contributed by atoms with Crippen LogP contribution in [0.5, 0.6) is 0 Å². The van der Waals surface area contributed by atoms with Crippen LogP contribution in [0.4, 0.5) is 0 Å². The minimum absolute atomic E-state index is 0.0298. The number of piperidine rings is 2. The summed E-state index contributed by atoms with van der Waals surface area (Å²) in [4.78, 5) is 28.5. The van der Waals surface area contributed by atoms with Gasteiger partial charge in [-0.15, -0.1) is 0 Å². The highest BCUT2D eigenvalue weighted by atomic mass is 35.5. The third-order valence-electron chi connectivity index (χ3n) is 5.05. The molecule has 118 valence electrons. The van der Waals surface area contributed by atoms with Crippen molar-refractivity contribution in [2.75, 3.05) is 20.1 Å². The molecular formula is C17H21ClN2O2. The van der Waals surface area contributed by atoms with E-state index in [4.69, 9.17) is 11.6 Å². The molecule has 1 spiro atoms. The van der Waals surface area contributed by atoms with Crippen molar-refractivity contribution in [2.24, 2.45) is 0 Å². The van der Waals surface area contributed by atoms with Crippen molar-refractivity contribution in [2.45, 2.75) is 37.6 Å². The largest absolute Gasteiger partial charge is 0.338 e. The zero-order chi connectivity index (χ0) is 15.7. The summed E-state index contributed by atoms with van der Waals surface area (Å²) in [5.41, 5.74) is 0.488. The average Bonchev–Trinajstić information content (AvgIpc) is 2.53. The number of carbonyl (C=O) groups is 2.